The van der Waals surface area contributed by atoms with Crippen LogP contribution in [0.25, 0.3) is 0 Å². The van der Waals surface area contributed by atoms with Crippen molar-refractivity contribution in [1.29, 1.82) is 0 Å². The number of hydrogen-bond donors (Lipinski definition) is 2. The maximum absolute atomic E-state index is 13.5. The summed E-state index contributed by atoms with van der Waals surface area (Å²) < 4.78 is 37.1. The number of benzene rings is 2. The molecule has 0 aromatic heterocycles. The highest BCUT2D eigenvalue weighted by Crippen LogP contribution is 2.31. The summed E-state index contributed by atoms with van der Waals surface area (Å²) in [5, 5.41) is 6.21. The molecular formula is C21H25F2IN4O3. The highest BCUT2D eigenvalue weighted by Gasteiger charge is 2.24. The summed E-state index contributed by atoms with van der Waals surface area (Å²) in [5.41, 5.74) is 0.779. The van der Waals surface area contributed by atoms with Crippen LogP contribution in [0.4, 0.5) is 14.5 Å². The Morgan fingerprint density at radius 2 is 1.97 bits per heavy atom. The number of nitrogens with one attached hydrogen (secondary N) is 2. The summed E-state index contributed by atoms with van der Waals surface area (Å²) in [7, 11) is 1.64. The van der Waals surface area contributed by atoms with Crippen molar-refractivity contribution in [1.82, 2.24) is 10.6 Å². The first-order valence-electron chi connectivity index (χ1n) is 9.63. The smallest absolute Gasteiger partial charge is 0.265 e. The molecule has 0 spiro atoms. The standard InChI is InChI=1S/C21H24F2N4O3.HI/c1-24-21(26-10-12-29-18-8-7-15(22)13-16(18)23)25-9-4-11-27-17-5-2-3-6-19(17)30-14-20(27)28;/h2-3,5-8,13H,4,9-12,14H2,1H3,(H2,24,25,26);1H. The van der Waals surface area contributed by atoms with Crippen LogP contribution in [-0.4, -0.2) is 51.8 Å². The molecule has 2 aromatic rings. The van der Waals surface area contributed by atoms with E-state index in [0.29, 0.717) is 37.8 Å². The number of hydrogen-bond acceptors (Lipinski definition) is 4. The molecule has 0 saturated carbocycles. The number of halogens is 3. The molecule has 0 fully saturated rings. The second-order valence-electron chi connectivity index (χ2n) is 6.50. The number of amides is 1. The van der Waals surface area contributed by atoms with Gasteiger partial charge in [0.25, 0.3) is 5.91 Å². The van der Waals surface area contributed by atoms with Gasteiger partial charge in [0.2, 0.25) is 0 Å². The molecule has 0 aliphatic carbocycles. The van der Waals surface area contributed by atoms with Crippen LogP contribution in [0, 0.1) is 11.6 Å². The number of guanidine groups is 1. The van der Waals surface area contributed by atoms with E-state index in [1.54, 1.807) is 11.9 Å². The second kappa shape index (κ2) is 12.3. The lowest BCUT2D eigenvalue weighted by atomic mass is 10.2. The number of carbonyl (C=O) groups excluding carboxylic acids is 1. The van der Waals surface area contributed by atoms with E-state index in [-0.39, 0.29) is 48.8 Å². The van der Waals surface area contributed by atoms with Gasteiger partial charge < -0.3 is 25.0 Å². The monoisotopic (exact) mass is 546 g/mol. The van der Waals surface area contributed by atoms with Gasteiger partial charge in [0.15, 0.2) is 24.1 Å². The zero-order valence-electron chi connectivity index (χ0n) is 17.1. The van der Waals surface area contributed by atoms with Crippen LogP contribution in [0.3, 0.4) is 0 Å². The number of anilines is 1. The second-order valence-corrected chi connectivity index (χ2v) is 6.50. The van der Waals surface area contributed by atoms with Crippen LogP contribution in [0.1, 0.15) is 6.42 Å². The van der Waals surface area contributed by atoms with Gasteiger partial charge in [-0.3, -0.25) is 9.79 Å². The lowest BCUT2D eigenvalue weighted by Crippen LogP contribution is -2.42. The fraction of sp³-hybridized carbons (Fsp3) is 0.333. The summed E-state index contributed by atoms with van der Waals surface area (Å²) in [6.45, 7) is 1.76. The number of ether oxygens (including phenoxy) is 2. The molecule has 31 heavy (non-hydrogen) atoms. The predicted molar refractivity (Wildman–Crippen MR) is 126 cm³/mol. The zero-order chi connectivity index (χ0) is 21.3. The van der Waals surface area contributed by atoms with Gasteiger partial charge in [-0.1, -0.05) is 12.1 Å². The van der Waals surface area contributed by atoms with Crippen molar-refractivity contribution in [2.45, 2.75) is 6.42 Å². The molecule has 0 radical (unpaired) electrons. The molecule has 2 N–H and O–H groups in total. The van der Waals surface area contributed by atoms with E-state index >= 15 is 0 Å². The van der Waals surface area contributed by atoms with E-state index in [1.165, 1.54) is 6.07 Å². The van der Waals surface area contributed by atoms with Gasteiger partial charge >= 0.3 is 0 Å². The maximum atomic E-state index is 13.5. The molecule has 10 heteroatoms. The number of para-hydroxylation sites is 2. The minimum Gasteiger partial charge on any atom is -0.489 e. The van der Waals surface area contributed by atoms with Crippen LogP contribution in [-0.2, 0) is 4.79 Å². The number of fused-ring (bicyclic) bond motifs is 1. The van der Waals surface area contributed by atoms with Crippen molar-refractivity contribution in [3.8, 4) is 11.5 Å². The van der Waals surface area contributed by atoms with Gasteiger partial charge in [-0.25, -0.2) is 8.78 Å². The average Bonchev–Trinajstić information content (AvgIpc) is 2.75. The Labute approximate surface area is 196 Å². The molecule has 1 heterocycles. The Morgan fingerprint density at radius 3 is 2.74 bits per heavy atom. The Bertz CT molecular complexity index is 914. The first-order valence-corrected chi connectivity index (χ1v) is 9.63. The molecule has 1 aliphatic heterocycles. The Morgan fingerprint density at radius 1 is 1.19 bits per heavy atom. The summed E-state index contributed by atoms with van der Waals surface area (Å²) in [6.07, 6.45) is 0.706. The van der Waals surface area contributed by atoms with Crippen LogP contribution in [0.5, 0.6) is 11.5 Å². The van der Waals surface area contributed by atoms with Crippen molar-refractivity contribution in [3.63, 3.8) is 0 Å². The number of rotatable bonds is 8. The minimum atomic E-state index is -0.739. The van der Waals surface area contributed by atoms with Gasteiger partial charge in [-0.15, -0.1) is 24.0 Å². The molecule has 3 rings (SSSR count). The average molecular weight is 546 g/mol. The fourth-order valence-corrected chi connectivity index (χ4v) is 2.99. The van der Waals surface area contributed by atoms with E-state index in [2.05, 4.69) is 15.6 Å². The van der Waals surface area contributed by atoms with Crippen LogP contribution in [0.15, 0.2) is 47.5 Å². The quantitative estimate of drug-likeness (QED) is 0.231. The van der Waals surface area contributed by atoms with E-state index < -0.39 is 11.6 Å². The van der Waals surface area contributed by atoms with Crippen LogP contribution < -0.4 is 25.0 Å². The van der Waals surface area contributed by atoms with Crippen LogP contribution in [0.2, 0.25) is 0 Å². The predicted octanol–water partition coefficient (Wildman–Crippen LogP) is 2.94. The zero-order valence-corrected chi connectivity index (χ0v) is 19.4. The molecule has 2 aromatic carbocycles. The van der Waals surface area contributed by atoms with E-state index in [1.807, 2.05) is 24.3 Å². The summed E-state index contributed by atoms with van der Waals surface area (Å²) in [5.74, 6) is -0.188. The lowest BCUT2D eigenvalue weighted by Gasteiger charge is -2.29. The van der Waals surface area contributed by atoms with E-state index in [4.69, 9.17) is 9.47 Å². The van der Waals surface area contributed by atoms with Crippen molar-refractivity contribution in [2.75, 3.05) is 44.8 Å². The van der Waals surface area contributed by atoms with Crippen LogP contribution >= 0.6 is 24.0 Å². The van der Waals surface area contributed by atoms with Crippen molar-refractivity contribution >= 4 is 41.5 Å². The van der Waals surface area contributed by atoms with Crippen molar-refractivity contribution < 1.29 is 23.0 Å². The largest absolute Gasteiger partial charge is 0.489 e. The molecule has 1 amide bonds. The van der Waals surface area contributed by atoms with Gasteiger partial charge in [-0.05, 0) is 30.7 Å². The normalized spacial score (nSPS) is 13.1. The molecule has 0 atom stereocenters. The molecule has 168 valence electrons. The summed E-state index contributed by atoms with van der Waals surface area (Å²) in [4.78, 5) is 18.0. The Kier molecular flexibility index (Phi) is 9.76. The number of carbonyl (C=O) groups is 1. The van der Waals surface area contributed by atoms with Gasteiger partial charge in [0, 0.05) is 26.2 Å². The third kappa shape index (κ3) is 6.94. The van der Waals surface area contributed by atoms with Gasteiger partial charge in [0.1, 0.15) is 18.2 Å². The van der Waals surface area contributed by atoms with Crippen molar-refractivity contribution in [3.05, 3.63) is 54.1 Å². The topological polar surface area (TPSA) is 75.2 Å². The minimum absolute atomic E-state index is 0. The number of nitrogens with zero attached hydrogens (tertiary/aromatic N) is 2. The first kappa shape index (κ1) is 24.6. The fourth-order valence-electron chi connectivity index (χ4n) is 2.99. The Hall–Kier alpha value is -2.63. The van der Waals surface area contributed by atoms with Gasteiger partial charge in [-0.2, -0.15) is 0 Å². The van der Waals surface area contributed by atoms with Gasteiger partial charge in [0.05, 0.1) is 12.2 Å². The molecule has 0 bridgehead atoms. The molecule has 0 unspecified atom stereocenters. The first-order chi connectivity index (χ1) is 14.6. The lowest BCUT2D eigenvalue weighted by molar-refractivity contribution is -0.121. The third-order valence-corrected chi connectivity index (χ3v) is 4.43. The highest BCUT2D eigenvalue weighted by atomic mass is 127. The summed E-state index contributed by atoms with van der Waals surface area (Å²) in [6, 6.07) is 10.6. The molecular weight excluding hydrogens is 521 g/mol. The number of aliphatic imine (C=N–C) groups is 1. The molecule has 0 saturated heterocycles. The van der Waals surface area contributed by atoms with Crippen molar-refractivity contribution in [2.24, 2.45) is 4.99 Å². The third-order valence-electron chi connectivity index (χ3n) is 4.43. The maximum Gasteiger partial charge on any atom is 0.265 e. The SMILES string of the molecule is CN=C(NCCCN1C(=O)COc2ccccc21)NCCOc1ccc(F)cc1F.I. The van der Waals surface area contributed by atoms with E-state index in [9.17, 15) is 13.6 Å². The van der Waals surface area contributed by atoms with E-state index in [0.717, 1.165) is 17.8 Å². The molecule has 7 nitrogen and oxygen atoms in total. The molecule has 1 aliphatic rings. The summed E-state index contributed by atoms with van der Waals surface area (Å²) >= 11 is 0. The highest BCUT2D eigenvalue weighted by molar-refractivity contribution is 14.0. The Balaban J connectivity index is 0.00000341.